The Labute approximate surface area is 535 Å². The van der Waals surface area contributed by atoms with Crippen molar-refractivity contribution in [2.24, 2.45) is 23.7 Å². The molecule has 7 rings (SSSR count). The van der Waals surface area contributed by atoms with Gasteiger partial charge >= 0.3 is 11.9 Å². The van der Waals surface area contributed by atoms with E-state index >= 15 is 9.59 Å². The number of esters is 2. The molecule has 0 saturated carbocycles. The average molecular weight is 1280 g/mol. The second-order valence-corrected chi connectivity index (χ2v) is 26.1. The van der Waals surface area contributed by atoms with Crippen molar-refractivity contribution in [3.63, 3.8) is 0 Å². The fourth-order valence-corrected chi connectivity index (χ4v) is 12.7. The zero-order valence-corrected chi connectivity index (χ0v) is 55.5. The molecule has 28 heteroatoms. The molecule has 1 aromatic carbocycles. The highest BCUT2D eigenvalue weighted by Gasteiger charge is 2.46. The van der Waals surface area contributed by atoms with Crippen molar-refractivity contribution in [2.45, 2.75) is 182 Å². The zero-order chi connectivity index (χ0) is 68.4. The molecule has 10 amide bonds. The van der Waals surface area contributed by atoms with Crippen molar-refractivity contribution in [2.75, 3.05) is 60.1 Å². The van der Waals surface area contributed by atoms with Crippen LogP contribution in [-0.2, 0) is 57.4 Å². The number of carbonyl (C=O) groups is 12. The van der Waals surface area contributed by atoms with Gasteiger partial charge in [-0.15, -0.1) is 0 Å². The number of carbonyl (C=O) groups excluding carboxylic acids is 12. The van der Waals surface area contributed by atoms with Crippen LogP contribution in [0.5, 0.6) is 0 Å². The summed E-state index contributed by atoms with van der Waals surface area (Å²) >= 11 is 0. The Morgan fingerprint density at radius 3 is 1.63 bits per heavy atom. The zero-order valence-electron chi connectivity index (χ0n) is 55.5. The molecule has 6 N–H and O–H groups in total. The van der Waals surface area contributed by atoms with E-state index in [0.717, 1.165) is 9.80 Å². The highest BCUT2D eigenvalue weighted by Crippen LogP contribution is 2.35. The van der Waals surface area contributed by atoms with Crippen LogP contribution < -0.4 is 32.4 Å². The van der Waals surface area contributed by atoms with Crippen LogP contribution in [-0.4, -0.2) is 220 Å². The molecule has 11 unspecified atom stereocenters. The fourth-order valence-electron chi connectivity index (χ4n) is 12.7. The van der Waals surface area contributed by atoms with E-state index in [-0.39, 0.29) is 66.3 Å². The summed E-state index contributed by atoms with van der Waals surface area (Å²) in [6, 6.07) is -7.85. The van der Waals surface area contributed by atoms with Crippen LogP contribution in [0.25, 0.3) is 22.6 Å². The Balaban J connectivity index is 1.33. The normalized spacial score (nSPS) is 26.2. The first-order chi connectivity index (χ1) is 43.1. The van der Waals surface area contributed by atoms with E-state index in [1.54, 1.807) is 48.5 Å². The maximum absolute atomic E-state index is 15.2. The number of aromatic nitrogens is 1. The highest BCUT2D eigenvalue weighted by atomic mass is 16.6. The average Bonchev–Trinajstić information content (AvgIpc) is 0.893. The molecule has 92 heavy (non-hydrogen) atoms. The van der Waals surface area contributed by atoms with E-state index in [0.29, 0.717) is 24.8 Å². The summed E-state index contributed by atoms with van der Waals surface area (Å²) in [5.41, 5.74) is 3.62. The molecule has 1 aromatic rings. The quantitative estimate of drug-likeness (QED) is 0.109. The number of cyclic esters (lactones) is 2. The van der Waals surface area contributed by atoms with Crippen LogP contribution in [0.3, 0.4) is 0 Å². The Kier molecular flexibility index (Phi) is 22.2. The molecule has 6 aliphatic rings. The monoisotopic (exact) mass is 1280 g/mol. The van der Waals surface area contributed by atoms with Crippen LogP contribution >= 0.6 is 0 Å². The van der Waals surface area contributed by atoms with Crippen LogP contribution in [0, 0.1) is 37.5 Å². The van der Waals surface area contributed by atoms with Crippen LogP contribution in [0.2, 0.25) is 0 Å². The van der Waals surface area contributed by atoms with Crippen molar-refractivity contribution in [3.8, 4) is 11.5 Å². The van der Waals surface area contributed by atoms with Gasteiger partial charge in [-0.05, 0) is 95.1 Å². The Morgan fingerprint density at radius 2 is 1.15 bits per heavy atom. The number of nitrogens with two attached hydrogens (primary N) is 1. The van der Waals surface area contributed by atoms with E-state index in [1.165, 1.54) is 80.7 Å². The van der Waals surface area contributed by atoms with Crippen molar-refractivity contribution < 1.29 is 71.4 Å². The predicted molar refractivity (Wildman–Crippen MR) is 335 cm³/mol. The Hall–Kier alpha value is -8.72. The smallest absolute Gasteiger partial charge is 0.329 e. The maximum atomic E-state index is 15.2. The number of nitrogen functional groups attached to an aromatic ring is 1. The summed E-state index contributed by atoms with van der Waals surface area (Å²) in [5, 5.41) is 10.8. The second-order valence-electron chi connectivity index (χ2n) is 26.1. The number of benzene rings is 2. The van der Waals surface area contributed by atoms with E-state index < -0.39 is 185 Å². The largest absolute Gasteiger partial charge is 0.458 e. The maximum Gasteiger partial charge on any atom is 0.329 e. The molecule has 0 bridgehead atoms. The summed E-state index contributed by atoms with van der Waals surface area (Å²) in [6.45, 7) is 18.9. The van der Waals surface area contributed by atoms with E-state index in [9.17, 15) is 52.7 Å². The molecule has 0 radical (unpaired) electrons. The number of rotatable bonds is 10. The summed E-state index contributed by atoms with van der Waals surface area (Å²) in [5.74, 6) is -11.8. The van der Waals surface area contributed by atoms with E-state index in [2.05, 4.69) is 21.3 Å². The van der Waals surface area contributed by atoms with Gasteiger partial charge in [0.2, 0.25) is 52.7 Å². The molecule has 0 spiro atoms. The minimum absolute atomic E-state index is 0.0564. The lowest BCUT2D eigenvalue weighted by atomic mass is 9.96. The number of anilines is 1. The minimum atomic E-state index is -1.88. The summed E-state index contributed by atoms with van der Waals surface area (Å²) < 4.78 is 18.4. The Bertz CT molecular complexity index is 3460. The standard InChI is InChI=1S/C64H90N12O16/c1-17-32(8)45-62(87)76-25-19-21-40(76)61(86)72(14)28-42(78)74(16)51(31(6)7)64(89)91-36(12)47(58(83)68-45)69-55(80)37-23-22-33(9)53-48(37)67-49-43(44(65)52(79)34(10)54(49)92-53)56(81)70-46-35(11)90-63(88)50(30(4)5)73(15)41(77)27-71(13)60(85)39-20-18-24-75(39)59(84)38(26-29(2)3)66-57(46)82/h22-23,29-32,35-36,38-40,45-47,50-51H,17-21,24-28,65H2,1-16H3,(H,66,82)(H,68,83)(H,69,80)(H,70,81). The lowest BCUT2D eigenvalue weighted by Gasteiger charge is -2.36. The molecule has 4 saturated heterocycles. The number of hydrogen-bond donors (Lipinski definition) is 5. The number of nitrogens with one attached hydrogen (secondary N) is 4. The first kappa shape index (κ1) is 70.7. The van der Waals surface area contributed by atoms with Crippen LogP contribution in [0.4, 0.5) is 5.69 Å². The number of nitrogens with zero attached hydrogens (tertiary/aromatic N) is 7. The van der Waals surface area contributed by atoms with Crippen molar-refractivity contribution >= 4 is 87.8 Å². The molecule has 1 aliphatic carbocycles. The number of likely N-dealkylation sites (N-methyl/N-ethyl adjacent to an activating group) is 4. The first-order valence-corrected chi connectivity index (χ1v) is 31.5. The second kappa shape index (κ2) is 28.8. The molecule has 28 nitrogen and oxygen atoms in total. The van der Waals surface area contributed by atoms with Gasteiger partial charge in [-0.2, -0.15) is 0 Å². The molecule has 502 valence electrons. The fraction of sp³-hybridized carbons (Fsp3) is 0.625. The van der Waals surface area contributed by atoms with Crippen LogP contribution in [0.15, 0.2) is 21.3 Å². The molecular formula is C64H90N12O16. The first-order valence-electron chi connectivity index (χ1n) is 31.5. The number of aryl methyl sites for hydroxylation is 1. The minimum Gasteiger partial charge on any atom is -0.458 e. The summed E-state index contributed by atoms with van der Waals surface area (Å²) in [4.78, 5) is 200. The molecule has 0 aromatic heterocycles. The Morgan fingerprint density at radius 1 is 0.674 bits per heavy atom. The molecule has 5 heterocycles. The summed E-state index contributed by atoms with van der Waals surface area (Å²) in [7, 11) is 5.61. The van der Waals surface area contributed by atoms with Gasteiger partial charge in [-0.3, -0.25) is 52.7 Å². The third-order valence-electron chi connectivity index (χ3n) is 18.2. The number of amides is 10. The third-order valence-corrected chi connectivity index (χ3v) is 18.2. The summed E-state index contributed by atoms with van der Waals surface area (Å²) in [6.07, 6.45) is -1.21. The molecular weight excluding hydrogens is 1190 g/mol. The lowest BCUT2D eigenvalue weighted by Crippen LogP contribution is -2.61. The van der Waals surface area contributed by atoms with E-state index in [1.807, 2.05) is 13.8 Å². The van der Waals surface area contributed by atoms with Gasteiger partial charge in [0.15, 0.2) is 11.3 Å². The lowest BCUT2D eigenvalue weighted by molar-refractivity contribution is -0.163. The van der Waals surface area contributed by atoms with Gasteiger partial charge in [0.25, 0.3) is 11.8 Å². The predicted octanol–water partition coefficient (Wildman–Crippen LogP) is 1.51. The molecule has 5 aliphatic heterocycles. The SMILES string of the molecule is CCC(C)C1NC(=O)C(NC(=O)c2ccc(C)c3oc4c(C)c(=O)c(N)c(C(=O)NC5C(=O)NC(CC(C)C)C(=O)N6CCCC6C(=O)N(C)CC(=O)N(C)C(C(C)C)C(=O)OC5C)c-4nc23)C(C)OC(=O)C(C(C)C)N(C)C(=O)CN(C)C(=O)C2CCCN2C1=O. The molecule has 11 atom stereocenters. The number of fused-ring (bicyclic) bond motifs is 4. The van der Waals surface area contributed by atoms with Gasteiger partial charge in [0.05, 0.1) is 29.9 Å². The van der Waals surface area contributed by atoms with Gasteiger partial charge < -0.3 is 70.3 Å². The van der Waals surface area contributed by atoms with Crippen molar-refractivity contribution in [3.05, 3.63) is 44.6 Å². The highest BCUT2D eigenvalue weighted by molar-refractivity contribution is 6.10. The molecule has 4 fully saturated rings. The van der Waals surface area contributed by atoms with Crippen LogP contribution in [0.1, 0.15) is 140 Å². The van der Waals surface area contributed by atoms with Gasteiger partial charge in [0, 0.05) is 46.8 Å². The van der Waals surface area contributed by atoms with Crippen molar-refractivity contribution in [1.29, 1.82) is 0 Å². The number of ether oxygens (including phenoxy) is 2. The van der Waals surface area contributed by atoms with Gasteiger partial charge in [-0.25, -0.2) is 14.6 Å². The third kappa shape index (κ3) is 14.5. The van der Waals surface area contributed by atoms with Gasteiger partial charge in [0.1, 0.15) is 71.8 Å². The van der Waals surface area contributed by atoms with Crippen molar-refractivity contribution in [1.82, 2.24) is 55.7 Å². The number of hydrogen-bond acceptors (Lipinski definition) is 18. The topological polar surface area (TPSA) is 360 Å². The van der Waals surface area contributed by atoms with Gasteiger partial charge in [-0.1, -0.05) is 67.9 Å². The van der Waals surface area contributed by atoms with E-state index in [4.69, 9.17) is 24.6 Å².